The average molecular weight is 554 g/mol. The van der Waals surface area contributed by atoms with Crippen molar-refractivity contribution >= 4 is 39.0 Å². The standard InChI is InChI=1S/C28H35N5O5S/c1-19-6-8-20(9-7-19)39(37,38)32-17-10-21-23(32)29-18-22(30-21)31(5)24(34)27-11-14-28(15-12-27,16-13-27)33(25(35)36)26(2,3)4/h6-10,17-18H,11-16H2,1-5H3,(H,35,36). The Morgan fingerprint density at radius 2 is 1.59 bits per heavy atom. The number of carbonyl (C=O) groups is 2. The van der Waals surface area contributed by atoms with Crippen LogP contribution < -0.4 is 4.90 Å². The first-order chi connectivity index (χ1) is 18.2. The maximum Gasteiger partial charge on any atom is 0.408 e. The Kier molecular flexibility index (Phi) is 6.28. The summed E-state index contributed by atoms with van der Waals surface area (Å²) < 4.78 is 27.5. The molecule has 3 saturated carbocycles. The van der Waals surface area contributed by atoms with Crippen molar-refractivity contribution in [3.63, 3.8) is 0 Å². The number of hydrogen-bond donors (Lipinski definition) is 1. The van der Waals surface area contributed by atoms with E-state index in [1.54, 1.807) is 42.3 Å². The number of anilines is 1. The highest BCUT2D eigenvalue weighted by molar-refractivity contribution is 7.90. The molecule has 6 rings (SSSR count). The van der Waals surface area contributed by atoms with E-state index in [-0.39, 0.29) is 16.4 Å². The Morgan fingerprint density at radius 3 is 2.13 bits per heavy atom. The number of benzene rings is 1. The molecule has 0 spiro atoms. The van der Waals surface area contributed by atoms with Crippen molar-refractivity contribution in [1.82, 2.24) is 18.8 Å². The molecule has 2 amide bonds. The van der Waals surface area contributed by atoms with Crippen molar-refractivity contribution in [3.8, 4) is 0 Å². The third-order valence-electron chi connectivity index (χ3n) is 8.57. The smallest absolute Gasteiger partial charge is 0.408 e. The third-order valence-corrected chi connectivity index (χ3v) is 10.2. The fourth-order valence-corrected chi connectivity index (χ4v) is 7.84. The van der Waals surface area contributed by atoms with Crippen LogP contribution in [-0.4, -0.2) is 62.5 Å². The number of carbonyl (C=O) groups excluding carboxylic acids is 1. The molecule has 208 valence electrons. The van der Waals surface area contributed by atoms with Crippen LogP contribution in [0.4, 0.5) is 10.6 Å². The summed E-state index contributed by atoms with van der Waals surface area (Å²) in [5.74, 6) is 0.283. The van der Waals surface area contributed by atoms with E-state index >= 15 is 0 Å². The van der Waals surface area contributed by atoms with Gasteiger partial charge in [-0.3, -0.25) is 14.6 Å². The van der Waals surface area contributed by atoms with E-state index in [2.05, 4.69) is 9.97 Å². The number of fused-ring (bicyclic) bond motifs is 4. The van der Waals surface area contributed by atoms with Gasteiger partial charge in [-0.15, -0.1) is 0 Å². The molecular weight excluding hydrogens is 518 g/mol. The molecule has 3 fully saturated rings. The van der Waals surface area contributed by atoms with Crippen molar-refractivity contribution in [3.05, 3.63) is 48.3 Å². The molecule has 11 heteroatoms. The second-order valence-corrected chi connectivity index (χ2v) is 13.8. The molecule has 1 aromatic carbocycles. The average Bonchev–Trinajstić information content (AvgIpc) is 3.32. The first-order valence-electron chi connectivity index (χ1n) is 13.2. The van der Waals surface area contributed by atoms with Crippen LogP contribution in [0.15, 0.2) is 47.6 Å². The van der Waals surface area contributed by atoms with E-state index in [9.17, 15) is 23.1 Å². The van der Waals surface area contributed by atoms with Crippen LogP contribution in [0.25, 0.3) is 11.2 Å². The number of aryl methyl sites for hydroxylation is 1. The van der Waals surface area contributed by atoms with Crippen molar-refractivity contribution in [2.45, 2.75) is 82.2 Å². The van der Waals surface area contributed by atoms with Gasteiger partial charge in [0, 0.05) is 24.3 Å². The van der Waals surface area contributed by atoms with Crippen LogP contribution in [0.3, 0.4) is 0 Å². The Bertz CT molecular complexity index is 1530. The minimum absolute atomic E-state index is 0.0613. The van der Waals surface area contributed by atoms with Gasteiger partial charge in [0.05, 0.1) is 16.5 Å². The number of hydrogen-bond acceptors (Lipinski definition) is 6. The predicted molar refractivity (Wildman–Crippen MR) is 147 cm³/mol. The summed E-state index contributed by atoms with van der Waals surface area (Å²) in [6.07, 6.45) is 5.68. The summed E-state index contributed by atoms with van der Waals surface area (Å²) in [6, 6.07) is 8.18. The molecule has 0 atom stereocenters. The summed E-state index contributed by atoms with van der Waals surface area (Å²) in [6.45, 7) is 7.64. The number of amides is 2. The lowest BCUT2D eigenvalue weighted by Gasteiger charge is -2.59. The quantitative estimate of drug-likeness (QED) is 0.480. The second-order valence-electron chi connectivity index (χ2n) is 12.0. The maximum atomic E-state index is 13.8. The van der Waals surface area contributed by atoms with Gasteiger partial charge >= 0.3 is 6.09 Å². The van der Waals surface area contributed by atoms with Gasteiger partial charge in [0.2, 0.25) is 5.91 Å². The SMILES string of the molecule is Cc1ccc(S(=O)(=O)n2ccc3nc(N(C)C(=O)C45CCC(N(C(=O)O)C(C)(C)C)(CC4)CC5)cnc32)cc1. The highest BCUT2D eigenvalue weighted by Crippen LogP contribution is 2.56. The van der Waals surface area contributed by atoms with E-state index in [0.29, 0.717) is 49.9 Å². The molecule has 0 saturated heterocycles. The van der Waals surface area contributed by atoms with Gasteiger partial charge in [-0.1, -0.05) is 17.7 Å². The first-order valence-corrected chi connectivity index (χ1v) is 14.6. The number of nitrogens with zero attached hydrogens (tertiary/aromatic N) is 5. The van der Waals surface area contributed by atoms with Gasteiger partial charge in [-0.2, -0.15) is 0 Å². The van der Waals surface area contributed by atoms with Crippen LogP contribution in [0.1, 0.15) is 64.9 Å². The number of rotatable bonds is 5. The first kappa shape index (κ1) is 27.1. The van der Waals surface area contributed by atoms with Crippen molar-refractivity contribution in [1.29, 1.82) is 0 Å². The predicted octanol–water partition coefficient (Wildman–Crippen LogP) is 4.81. The maximum absolute atomic E-state index is 13.8. The normalized spacial score (nSPS) is 23.1. The van der Waals surface area contributed by atoms with E-state index in [1.807, 2.05) is 27.7 Å². The second kappa shape index (κ2) is 9.04. The highest BCUT2D eigenvalue weighted by Gasteiger charge is 2.58. The largest absolute Gasteiger partial charge is 0.465 e. The molecule has 10 nitrogen and oxygen atoms in total. The molecular formula is C28H35N5O5S. The van der Waals surface area contributed by atoms with Crippen LogP contribution in [0.2, 0.25) is 0 Å². The molecule has 3 aromatic rings. The zero-order valence-electron chi connectivity index (χ0n) is 23.0. The molecule has 2 bridgehead atoms. The number of carboxylic acid groups (broad SMARTS) is 1. The summed E-state index contributed by atoms with van der Waals surface area (Å²) >= 11 is 0. The minimum Gasteiger partial charge on any atom is -0.465 e. The van der Waals surface area contributed by atoms with Crippen LogP contribution in [-0.2, 0) is 14.8 Å². The highest BCUT2D eigenvalue weighted by atomic mass is 32.2. The topological polar surface area (TPSA) is 126 Å². The molecule has 0 aliphatic heterocycles. The van der Waals surface area contributed by atoms with Gasteiger partial charge in [-0.05, 0) is 84.4 Å². The zero-order chi connectivity index (χ0) is 28.4. The lowest BCUT2D eigenvalue weighted by molar-refractivity contribution is -0.140. The third kappa shape index (κ3) is 4.36. The van der Waals surface area contributed by atoms with Crippen molar-refractivity contribution in [2.75, 3.05) is 11.9 Å². The monoisotopic (exact) mass is 553 g/mol. The Morgan fingerprint density at radius 1 is 1.00 bits per heavy atom. The molecule has 2 aromatic heterocycles. The van der Waals surface area contributed by atoms with Crippen molar-refractivity contribution in [2.24, 2.45) is 5.41 Å². The Labute approximate surface area is 228 Å². The van der Waals surface area contributed by atoms with Gasteiger partial charge in [0.1, 0.15) is 5.52 Å². The molecule has 39 heavy (non-hydrogen) atoms. The summed E-state index contributed by atoms with van der Waals surface area (Å²) in [7, 11) is -2.19. The molecule has 3 aliphatic carbocycles. The molecule has 2 heterocycles. The van der Waals surface area contributed by atoms with Crippen molar-refractivity contribution < 1.29 is 23.1 Å². The summed E-state index contributed by atoms with van der Waals surface area (Å²) in [5, 5.41) is 10.00. The molecule has 0 radical (unpaired) electrons. The van der Waals surface area contributed by atoms with E-state index < -0.39 is 32.6 Å². The fraction of sp³-hybridized carbons (Fsp3) is 0.500. The van der Waals surface area contributed by atoms with Crippen LogP contribution in [0.5, 0.6) is 0 Å². The van der Waals surface area contributed by atoms with E-state index in [1.165, 1.54) is 17.3 Å². The van der Waals surface area contributed by atoms with Gasteiger partial charge in [0.25, 0.3) is 10.0 Å². The Balaban J connectivity index is 1.38. The number of aromatic nitrogens is 3. The fourth-order valence-electron chi connectivity index (χ4n) is 6.54. The van der Waals surface area contributed by atoms with Gasteiger partial charge < -0.3 is 5.11 Å². The molecule has 0 unspecified atom stereocenters. The lowest BCUT2D eigenvalue weighted by atomic mass is 9.55. The molecule has 1 N–H and O–H groups in total. The minimum atomic E-state index is -3.86. The van der Waals surface area contributed by atoms with Crippen LogP contribution in [0, 0.1) is 12.3 Å². The summed E-state index contributed by atoms with van der Waals surface area (Å²) in [5.41, 5.74) is -0.0370. The van der Waals surface area contributed by atoms with Gasteiger partial charge in [-0.25, -0.2) is 27.2 Å². The molecule has 3 aliphatic rings. The van der Waals surface area contributed by atoms with Crippen LogP contribution >= 0.6 is 0 Å². The summed E-state index contributed by atoms with van der Waals surface area (Å²) in [4.78, 5) is 38.3. The zero-order valence-corrected chi connectivity index (χ0v) is 23.8. The van der Waals surface area contributed by atoms with E-state index in [0.717, 1.165) is 9.54 Å². The van der Waals surface area contributed by atoms with E-state index in [4.69, 9.17) is 0 Å². The lowest BCUT2D eigenvalue weighted by Crippen LogP contribution is -2.65. The van der Waals surface area contributed by atoms with Gasteiger partial charge in [0.15, 0.2) is 11.5 Å². The Hall–Kier alpha value is -3.47.